The molecule has 0 aliphatic heterocycles. The number of benzene rings is 1. The third-order valence-electron chi connectivity index (χ3n) is 2.85. The molecule has 0 fully saturated rings. The molecule has 2 heteroatoms. The van der Waals surface area contributed by atoms with Crippen molar-refractivity contribution < 1.29 is 9.52 Å². The molecule has 2 aromatic rings. The van der Waals surface area contributed by atoms with Gasteiger partial charge in [-0.25, -0.2) is 0 Å². The molecule has 0 aliphatic rings. The van der Waals surface area contributed by atoms with Gasteiger partial charge in [0.25, 0.3) is 0 Å². The van der Waals surface area contributed by atoms with Gasteiger partial charge in [0, 0.05) is 5.56 Å². The highest BCUT2D eigenvalue weighted by Crippen LogP contribution is 2.27. The molecule has 0 aliphatic carbocycles. The first-order valence-electron chi connectivity index (χ1n) is 5.81. The van der Waals surface area contributed by atoms with Crippen LogP contribution in [0.2, 0.25) is 0 Å². The summed E-state index contributed by atoms with van der Waals surface area (Å²) in [7, 11) is 0. The van der Waals surface area contributed by atoms with Crippen molar-refractivity contribution in [2.24, 2.45) is 0 Å². The Morgan fingerprint density at radius 3 is 2.12 bits per heavy atom. The van der Waals surface area contributed by atoms with Gasteiger partial charge < -0.3 is 9.52 Å². The van der Waals surface area contributed by atoms with Gasteiger partial charge in [0.2, 0.25) is 0 Å². The number of hydrogen-bond donors (Lipinski definition) is 1. The van der Waals surface area contributed by atoms with E-state index in [0.717, 1.165) is 11.3 Å². The number of aliphatic hydroxyl groups excluding tert-OH is 1. The number of rotatable bonds is 2. The van der Waals surface area contributed by atoms with E-state index in [4.69, 9.17) is 9.52 Å². The van der Waals surface area contributed by atoms with Gasteiger partial charge in [0.05, 0.1) is 0 Å². The molecule has 0 saturated heterocycles. The summed E-state index contributed by atoms with van der Waals surface area (Å²) in [5, 5.41) is 8.95. The fourth-order valence-corrected chi connectivity index (χ4v) is 1.75. The smallest absolute Gasteiger partial charge is 0.134 e. The Bertz CT molecular complexity index is 486. The maximum absolute atomic E-state index is 8.95. The zero-order valence-corrected chi connectivity index (χ0v) is 10.5. The first-order chi connectivity index (χ1) is 8.00. The molecule has 0 saturated carbocycles. The Morgan fingerprint density at radius 2 is 1.65 bits per heavy atom. The SMILES string of the molecule is CC(C)(C)c1ccc(-c2ccc(CO)o2)cc1. The molecule has 1 aromatic heterocycles. The maximum atomic E-state index is 8.95. The van der Waals surface area contributed by atoms with Crippen molar-refractivity contribution in [3.8, 4) is 11.3 Å². The third-order valence-corrected chi connectivity index (χ3v) is 2.85. The van der Waals surface area contributed by atoms with Gasteiger partial charge in [-0.05, 0) is 23.1 Å². The van der Waals surface area contributed by atoms with Crippen LogP contribution < -0.4 is 0 Å². The van der Waals surface area contributed by atoms with E-state index in [2.05, 4.69) is 45.0 Å². The highest BCUT2D eigenvalue weighted by molar-refractivity contribution is 5.58. The van der Waals surface area contributed by atoms with Crippen molar-refractivity contribution in [1.29, 1.82) is 0 Å². The summed E-state index contributed by atoms with van der Waals surface area (Å²) in [6, 6.07) is 12.0. The van der Waals surface area contributed by atoms with E-state index in [0.29, 0.717) is 5.76 Å². The fraction of sp³-hybridized carbons (Fsp3) is 0.333. The monoisotopic (exact) mass is 230 g/mol. The van der Waals surface area contributed by atoms with Crippen LogP contribution in [0.4, 0.5) is 0 Å². The largest absolute Gasteiger partial charge is 0.459 e. The van der Waals surface area contributed by atoms with Crippen molar-refractivity contribution in [1.82, 2.24) is 0 Å². The molecule has 1 heterocycles. The van der Waals surface area contributed by atoms with Crippen LogP contribution >= 0.6 is 0 Å². The Labute approximate surface area is 102 Å². The number of furan rings is 1. The summed E-state index contributed by atoms with van der Waals surface area (Å²) in [6.07, 6.45) is 0. The summed E-state index contributed by atoms with van der Waals surface area (Å²) in [6.45, 7) is 6.52. The predicted molar refractivity (Wildman–Crippen MR) is 68.8 cm³/mol. The predicted octanol–water partition coefficient (Wildman–Crippen LogP) is 3.74. The Balaban J connectivity index is 2.29. The van der Waals surface area contributed by atoms with Crippen molar-refractivity contribution in [2.75, 3.05) is 0 Å². The van der Waals surface area contributed by atoms with Gasteiger partial charge in [-0.1, -0.05) is 45.0 Å². The molecule has 0 unspecified atom stereocenters. The topological polar surface area (TPSA) is 33.4 Å². The number of aliphatic hydroxyl groups is 1. The molecular formula is C15H18O2. The van der Waals surface area contributed by atoms with Gasteiger partial charge in [0.15, 0.2) is 0 Å². The average molecular weight is 230 g/mol. The molecule has 0 radical (unpaired) electrons. The second-order valence-electron chi connectivity index (χ2n) is 5.25. The standard InChI is InChI=1S/C15H18O2/c1-15(2,3)12-6-4-11(5-7-12)14-9-8-13(10-16)17-14/h4-9,16H,10H2,1-3H3. The maximum Gasteiger partial charge on any atom is 0.134 e. The molecule has 90 valence electrons. The molecule has 1 N–H and O–H groups in total. The van der Waals surface area contributed by atoms with Crippen LogP contribution in [-0.4, -0.2) is 5.11 Å². The lowest BCUT2D eigenvalue weighted by Crippen LogP contribution is -2.10. The van der Waals surface area contributed by atoms with E-state index in [-0.39, 0.29) is 12.0 Å². The minimum atomic E-state index is -0.0555. The van der Waals surface area contributed by atoms with Gasteiger partial charge in [-0.2, -0.15) is 0 Å². The fourth-order valence-electron chi connectivity index (χ4n) is 1.75. The van der Waals surface area contributed by atoms with Crippen molar-refractivity contribution in [3.63, 3.8) is 0 Å². The molecule has 0 atom stereocenters. The zero-order chi connectivity index (χ0) is 12.5. The van der Waals surface area contributed by atoms with Crippen LogP contribution in [0.25, 0.3) is 11.3 Å². The first kappa shape index (κ1) is 11.9. The quantitative estimate of drug-likeness (QED) is 0.852. The minimum Gasteiger partial charge on any atom is -0.459 e. The first-order valence-corrected chi connectivity index (χ1v) is 5.81. The molecule has 0 bridgehead atoms. The summed E-state index contributed by atoms with van der Waals surface area (Å²) in [4.78, 5) is 0. The third kappa shape index (κ3) is 2.59. The van der Waals surface area contributed by atoms with E-state index in [1.165, 1.54) is 5.56 Å². The van der Waals surface area contributed by atoms with Crippen LogP contribution in [-0.2, 0) is 12.0 Å². The van der Waals surface area contributed by atoms with Crippen molar-refractivity contribution >= 4 is 0 Å². The second kappa shape index (κ2) is 4.38. The normalized spacial score (nSPS) is 11.8. The molecular weight excluding hydrogens is 212 g/mol. The lowest BCUT2D eigenvalue weighted by atomic mass is 9.86. The van der Waals surface area contributed by atoms with Crippen LogP contribution in [0, 0.1) is 0 Å². The van der Waals surface area contributed by atoms with Crippen molar-refractivity contribution in [2.45, 2.75) is 32.8 Å². The summed E-state index contributed by atoms with van der Waals surface area (Å²) in [5.41, 5.74) is 2.51. The highest BCUT2D eigenvalue weighted by Gasteiger charge is 2.13. The van der Waals surface area contributed by atoms with E-state index >= 15 is 0 Å². The van der Waals surface area contributed by atoms with Gasteiger partial charge in [-0.3, -0.25) is 0 Å². The number of hydrogen-bond acceptors (Lipinski definition) is 2. The van der Waals surface area contributed by atoms with Gasteiger partial charge >= 0.3 is 0 Å². The zero-order valence-electron chi connectivity index (χ0n) is 10.5. The Morgan fingerprint density at radius 1 is 1.00 bits per heavy atom. The summed E-state index contributed by atoms with van der Waals surface area (Å²) < 4.78 is 5.49. The van der Waals surface area contributed by atoms with Crippen LogP contribution in [0.15, 0.2) is 40.8 Å². The Hall–Kier alpha value is -1.54. The average Bonchev–Trinajstić information content (AvgIpc) is 2.76. The highest BCUT2D eigenvalue weighted by atomic mass is 16.4. The molecule has 1 aromatic carbocycles. The summed E-state index contributed by atoms with van der Waals surface area (Å²) in [5.74, 6) is 1.40. The van der Waals surface area contributed by atoms with E-state index in [1.807, 2.05) is 6.07 Å². The van der Waals surface area contributed by atoms with Crippen LogP contribution in [0.5, 0.6) is 0 Å². The molecule has 0 amide bonds. The van der Waals surface area contributed by atoms with Gasteiger partial charge in [0.1, 0.15) is 18.1 Å². The lowest BCUT2D eigenvalue weighted by molar-refractivity contribution is 0.248. The van der Waals surface area contributed by atoms with Crippen LogP contribution in [0.1, 0.15) is 32.1 Å². The lowest BCUT2D eigenvalue weighted by Gasteiger charge is -2.18. The van der Waals surface area contributed by atoms with E-state index < -0.39 is 0 Å². The molecule has 0 spiro atoms. The Kier molecular flexibility index (Phi) is 3.07. The molecule has 17 heavy (non-hydrogen) atoms. The molecule has 2 rings (SSSR count). The summed E-state index contributed by atoms with van der Waals surface area (Å²) >= 11 is 0. The van der Waals surface area contributed by atoms with E-state index in [9.17, 15) is 0 Å². The second-order valence-corrected chi connectivity index (χ2v) is 5.25. The minimum absolute atomic E-state index is 0.0555. The van der Waals surface area contributed by atoms with E-state index in [1.54, 1.807) is 6.07 Å². The van der Waals surface area contributed by atoms with Crippen molar-refractivity contribution in [3.05, 3.63) is 47.7 Å². The van der Waals surface area contributed by atoms with Gasteiger partial charge in [-0.15, -0.1) is 0 Å². The van der Waals surface area contributed by atoms with Crippen LogP contribution in [0.3, 0.4) is 0 Å². The molecule has 2 nitrogen and oxygen atoms in total.